The Morgan fingerprint density at radius 1 is 0.846 bits per heavy atom. The Morgan fingerprint density at radius 2 is 1.56 bits per heavy atom. The lowest BCUT2D eigenvalue weighted by molar-refractivity contribution is -0.123. The molecule has 0 N–H and O–H groups in total. The Labute approximate surface area is 225 Å². The minimum absolute atomic E-state index is 0.114. The minimum Gasteiger partial charge on any atom is -0.497 e. The van der Waals surface area contributed by atoms with Gasteiger partial charge in [-0.25, -0.2) is 4.90 Å². The summed E-state index contributed by atoms with van der Waals surface area (Å²) in [6.45, 7) is 1.46. The molecule has 196 valence electrons. The molecular formula is C31H26N2O6. The van der Waals surface area contributed by atoms with Gasteiger partial charge in [0.05, 0.1) is 43.3 Å². The fourth-order valence-corrected chi connectivity index (χ4v) is 6.12. The Balaban J connectivity index is 1.49. The average molecular weight is 523 g/mol. The van der Waals surface area contributed by atoms with E-state index in [-0.39, 0.29) is 23.0 Å². The van der Waals surface area contributed by atoms with Crippen molar-refractivity contribution in [3.8, 4) is 11.5 Å². The van der Waals surface area contributed by atoms with Crippen LogP contribution in [0.4, 0.5) is 5.69 Å². The molecule has 8 heteroatoms. The zero-order valence-corrected chi connectivity index (χ0v) is 21.7. The molecule has 39 heavy (non-hydrogen) atoms. The number of ether oxygens (including phenoxy) is 2. The maximum Gasteiger partial charge on any atom is 0.240 e. The molecule has 8 nitrogen and oxygen atoms in total. The molecule has 2 saturated heterocycles. The standard InChI is InChI=1S/C31H26N2O6/c1-17(34)18-8-10-20(11-9-18)33-30(36)25-26(31(33)37)28(29(35)23-16-21(38-2)12-13-24(23)39-3)32-15-14-19-6-4-5-7-22(19)27(25)32/h4-16,25-28H,1-3H3. The molecule has 3 heterocycles. The first kappa shape index (κ1) is 24.6. The molecule has 0 bridgehead atoms. The van der Waals surface area contributed by atoms with Crippen molar-refractivity contribution in [3.05, 3.63) is 95.2 Å². The van der Waals surface area contributed by atoms with E-state index in [1.165, 1.54) is 26.0 Å². The van der Waals surface area contributed by atoms with Crippen LogP contribution in [0.1, 0.15) is 44.8 Å². The summed E-state index contributed by atoms with van der Waals surface area (Å²) in [7, 11) is 2.99. The number of imide groups is 1. The van der Waals surface area contributed by atoms with Crippen molar-refractivity contribution in [1.82, 2.24) is 4.90 Å². The Kier molecular flexibility index (Phi) is 5.83. The highest BCUT2D eigenvalue weighted by Crippen LogP contribution is 2.54. The second-order valence-electron chi connectivity index (χ2n) is 9.88. The molecule has 3 aromatic carbocycles. The number of ketones is 2. The van der Waals surface area contributed by atoms with Crippen LogP contribution in [0.2, 0.25) is 0 Å². The average Bonchev–Trinajstić information content (AvgIpc) is 3.44. The first-order chi connectivity index (χ1) is 18.8. The van der Waals surface area contributed by atoms with Gasteiger partial charge in [0, 0.05) is 11.8 Å². The third kappa shape index (κ3) is 3.66. The third-order valence-corrected chi connectivity index (χ3v) is 7.93. The summed E-state index contributed by atoms with van der Waals surface area (Å²) < 4.78 is 10.9. The summed E-state index contributed by atoms with van der Waals surface area (Å²) in [5.74, 6) is -2.12. The summed E-state index contributed by atoms with van der Waals surface area (Å²) >= 11 is 0. The Bertz CT molecular complexity index is 1560. The Morgan fingerprint density at radius 3 is 2.26 bits per heavy atom. The van der Waals surface area contributed by atoms with Gasteiger partial charge in [0.15, 0.2) is 11.6 Å². The molecule has 3 aliphatic heterocycles. The van der Waals surface area contributed by atoms with Crippen LogP contribution < -0.4 is 14.4 Å². The number of hydrogen-bond donors (Lipinski definition) is 0. The normalized spacial score (nSPS) is 22.8. The predicted molar refractivity (Wildman–Crippen MR) is 144 cm³/mol. The fourth-order valence-electron chi connectivity index (χ4n) is 6.12. The number of nitrogens with zero attached hydrogens (tertiary/aromatic N) is 2. The van der Waals surface area contributed by atoms with Crippen molar-refractivity contribution in [1.29, 1.82) is 0 Å². The van der Waals surface area contributed by atoms with E-state index in [0.717, 1.165) is 11.1 Å². The van der Waals surface area contributed by atoms with E-state index in [0.29, 0.717) is 22.7 Å². The molecule has 2 fully saturated rings. The van der Waals surface area contributed by atoms with Gasteiger partial charge in [-0.05, 0) is 66.6 Å². The number of carbonyl (C=O) groups excluding carboxylic acids is 4. The van der Waals surface area contributed by atoms with Crippen molar-refractivity contribution < 1.29 is 28.7 Å². The maximum atomic E-state index is 14.3. The van der Waals surface area contributed by atoms with Crippen molar-refractivity contribution in [2.45, 2.75) is 19.0 Å². The van der Waals surface area contributed by atoms with Gasteiger partial charge in [-0.15, -0.1) is 0 Å². The number of Topliss-reactive ketones (excluding diaryl/α,β-unsaturated/α-hetero) is 2. The SMILES string of the molecule is COc1ccc(OC)c(C(=O)C2C3C(=O)N(c4ccc(C(C)=O)cc4)C(=O)C3C3c4ccccc4C=CN23)c1. The van der Waals surface area contributed by atoms with Gasteiger partial charge in [-0.2, -0.15) is 0 Å². The predicted octanol–water partition coefficient (Wildman–Crippen LogP) is 4.30. The van der Waals surface area contributed by atoms with Crippen LogP contribution in [0.15, 0.2) is 72.9 Å². The molecule has 4 unspecified atom stereocenters. The quantitative estimate of drug-likeness (QED) is 0.352. The second-order valence-corrected chi connectivity index (χ2v) is 9.88. The van der Waals surface area contributed by atoms with E-state index in [9.17, 15) is 19.2 Å². The number of carbonyl (C=O) groups is 4. The molecule has 0 saturated carbocycles. The highest BCUT2D eigenvalue weighted by Gasteiger charge is 2.64. The smallest absolute Gasteiger partial charge is 0.240 e. The van der Waals surface area contributed by atoms with E-state index >= 15 is 0 Å². The monoisotopic (exact) mass is 522 g/mol. The maximum absolute atomic E-state index is 14.3. The lowest BCUT2D eigenvalue weighted by atomic mass is 9.83. The summed E-state index contributed by atoms with van der Waals surface area (Å²) in [4.78, 5) is 57.2. The van der Waals surface area contributed by atoms with Crippen LogP contribution in [0.3, 0.4) is 0 Å². The van der Waals surface area contributed by atoms with Crippen LogP contribution in [0.25, 0.3) is 6.08 Å². The molecule has 6 rings (SSSR count). The molecular weight excluding hydrogens is 496 g/mol. The largest absolute Gasteiger partial charge is 0.497 e. The molecule has 0 spiro atoms. The molecule has 0 aromatic heterocycles. The summed E-state index contributed by atoms with van der Waals surface area (Å²) in [5.41, 5.74) is 2.96. The van der Waals surface area contributed by atoms with Gasteiger partial charge < -0.3 is 14.4 Å². The van der Waals surface area contributed by atoms with Gasteiger partial charge in [0.2, 0.25) is 11.8 Å². The number of rotatable bonds is 6. The van der Waals surface area contributed by atoms with E-state index in [1.54, 1.807) is 42.5 Å². The Hall–Kier alpha value is -4.72. The van der Waals surface area contributed by atoms with E-state index in [4.69, 9.17) is 9.47 Å². The zero-order valence-electron chi connectivity index (χ0n) is 21.7. The van der Waals surface area contributed by atoms with Crippen molar-refractivity contribution in [3.63, 3.8) is 0 Å². The van der Waals surface area contributed by atoms with Gasteiger partial charge in [-0.1, -0.05) is 24.3 Å². The van der Waals surface area contributed by atoms with Crippen LogP contribution in [0.5, 0.6) is 11.5 Å². The lowest BCUT2D eigenvalue weighted by Gasteiger charge is -2.35. The molecule has 2 amide bonds. The number of fused-ring (bicyclic) bond motifs is 5. The van der Waals surface area contributed by atoms with Gasteiger partial charge in [-0.3, -0.25) is 19.2 Å². The number of hydrogen-bond acceptors (Lipinski definition) is 7. The number of benzene rings is 3. The molecule has 4 atom stereocenters. The molecule has 3 aromatic rings. The number of amides is 2. The first-order valence-electron chi connectivity index (χ1n) is 12.7. The molecule has 0 radical (unpaired) electrons. The van der Waals surface area contributed by atoms with E-state index in [2.05, 4.69) is 0 Å². The first-order valence-corrected chi connectivity index (χ1v) is 12.7. The van der Waals surface area contributed by atoms with Gasteiger partial charge >= 0.3 is 0 Å². The second kappa shape index (κ2) is 9.23. The van der Waals surface area contributed by atoms with Crippen molar-refractivity contribution in [2.24, 2.45) is 11.8 Å². The molecule has 0 aliphatic carbocycles. The van der Waals surface area contributed by atoms with Crippen LogP contribution in [0, 0.1) is 11.8 Å². The summed E-state index contributed by atoms with van der Waals surface area (Å²) in [6.07, 6.45) is 3.72. The van der Waals surface area contributed by atoms with Crippen molar-refractivity contribution in [2.75, 3.05) is 19.1 Å². The van der Waals surface area contributed by atoms with Crippen LogP contribution in [-0.2, 0) is 9.59 Å². The minimum atomic E-state index is -0.941. The lowest BCUT2D eigenvalue weighted by Crippen LogP contribution is -2.44. The highest BCUT2D eigenvalue weighted by molar-refractivity contribution is 6.25. The summed E-state index contributed by atoms with van der Waals surface area (Å²) in [6, 6.07) is 17.6. The topological polar surface area (TPSA) is 93.2 Å². The number of methoxy groups -OCH3 is 2. The van der Waals surface area contributed by atoms with E-state index < -0.39 is 29.8 Å². The van der Waals surface area contributed by atoms with Crippen LogP contribution in [-0.4, -0.2) is 48.5 Å². The van der Waals surface area contributed by atoms with Gasteiger partial charge in [0.25, 0.3) is 0 Å². The zero-order chi connectivity index (χ0) is 27.4. The summed E-state index contributed by atoms with van der Waals surface area (Å²) in [5, 5.41) is 0. The highest BCUT2D eigenvalue weighted by atomic mass is 16.5. The third-order valence-electron chi connectivity index (χ3n) is 7.93. The van der Waals surface area contributed by atoms with Crippen molar-refractivity contribution >= 4 is 35.1 Å². The molecule has 3 aliphatic rings. The van der Waals surface area contributed by atoms with Crippen LogP contribution >= 0.6 is 0 Å². The fraction of sp³-hybridized carbons (Fsp3) is 0.226. The van der Waals surface area contributed by atoms with E-state index in [1.807, 2.05) is 41.4 Å². The van der Waals surface area contributed by atoms with Gasteiger partial charge in [0.1, 0.15) is 17.5 Å². The number of anilines is 1.